The van der Waals surface area contributed by atoms with Gasteiger partial charge < -0.3 is 16.0 Å². The Morgan fingerprint density at radius 3 is 2.48 bits per heavy atom. The third-order valence-corrected chi connectivity index (χ3v) is 2.96. The normalized spacial score (nSPS) is 10.9. The Morgan fingerprint density at radius 1 is 1.22 bits per heavy atom. The number of nitrogens with one attached hydrogen (secondary N) is 3. The highest BCUT2D eigenvalue weighted by atomic mass is 127. The van der Waals surface area contributed by atoms with Crippen LogP contribution in [-0.4, -0.2) is 38.0 Å². The quantitative estimate of drug-likeness (QED) is 0.349. The van der Waals surface area contributed by atoms with Crippen LogP contribution in [0.3, 0.4) is 0 Å². The number of rotatable bonds is 7. The number of hydrogen-bond acceptors (Lipinski definition) is 2. The smallest absolute Gasteiger partial charge is 0.221 e. The number of nitrogens with zero attached hydrogens (tertiary/aromatic N) is 1. The zero-order chi connectivity index (χ0) is 16.4. The number of carbonyl (C=O) groups excluding carboxylic acids is 1. The van der Waals surface area contributed by atoms with E-state index in [4.69, 9.17) is 0 Å². The summed E-state index contributed by atoms with van der Waals surface area (Å²) in [6.07, 6.45) is 0.952. The van der Waals surface area contributed by atoms with Crippen molar-refractivity contribution in [1.29, 1.82) is 0 Å². The molecule has 0 aliphatic heterocycles. The summed E-state index contributed by atoms with van der Waals surface area (Å²) in [5, 5.41) is 8.98. The maximum Gasteiger partial charge on any atom is 0.221 e. The Hall–Kier alpha value is -1.38. The molecule has 1 aromatic rings. The largest absolute Gasteiger partial charge is 0.356 e. The minimum absolute atomic E-state index is 0. The molecule has 0 heterocycles. The molecule has 3 N–H and O–H groups in total. The van der Waals surface area contributed by atoms with Crippen molar-refractivity contribution in [3.63, 3.8) is 0 Å². The van der Waals surface area contributed by atoms with Gasteiger partial charge in [0.25, 0.3) is 0 Å². The minimum Gasteiger partial charge on any atom is -0.356 e. The molecule has 0 spiro atoms. The van der Waals surface area contributed by atoms with Crippen molar-refractivity contribution in [2.75, 3.05) is 20.1 Å². The zero-order valence-electron chi connectivity index (χ0n) is 13.9. The van der Waals surface area contributed by atoms with Gasteiger partial charge in [-0.1, -0.05) is 18.2 Å². The van der Waals surface area contributed by atoms with Gasteiger partial charge in [0, 0.05) is 32.6 Å². The molecule has 0 bridgehead atoms. The molecule has 0 atom stereocenters. The first-order valence-electron chi connectivity index (χ1n) is 7.50. The monoisotopic (exact) mass is 436 g/mol. The summed E-state index contributed by atoms with van der Waals surface area (Å²) >= 11 is 0. The molecule has 130 valence electrons. The van der Waals surface area contributed by atoms with Crippen LogP contribution in [0.15, 0.2) is 29.3 Å². The van der Waals surface area contributed by atoms with Crippen molar-refractivity contribution < 1.29 is 9.18 Å². The predicted octanol–water partition coefficient (Wildman–Crippen LogP) is 2.07. The van der Waals surface area contributed by atoms with Gasteiger partial charge in [-0.15, -0.1) is 24.0 Å². The fourth-order valence-electron chi connectivity index (χ4n) is 1.93. The highest BCUT2D eigenvalue weighted by Crippen LogP contribution is 2.05. The van der Waals surface area contributed by atoms with Crippen LogP contribution < -0.4 is 16.0 Å². The molecule has 0 saturated heterocycles. The Labute approximate surface area is 154 Å². The number of aliphatic imine (C=N–C) groups is 1. The molecule has 5 nitrogen and oxygen atoms in total. The average Bonchev–Trinajstić information content (AvgIpc) is 2.46. The Kier molecular flexibility index (Phi) is 11.4. The molecule has 1 amide bonds. The summed E-state index contributed by atoms with van der Waals surface area (Å²) < 4.78 is 13.5. The van der Waals surface area contributed by atoms with Crippen molar-refractivity contribution >= 4 is 35.8 Å². The van der Waals surface area contributed by atoms with E-state index in [1.54, 1.807) is 19.2 Å². The van der Waals surface area contributed by atoms with Gasteiger partial charge in [-0.05, 0) is 31.9 Å². The molecule has 0 aliphatic rings. The van der Waals surface area contributed by atoms with Crippen molar-refractivity contribution in [2.45, 2.75) is 32.7 Å². The molecule has 7 heteroatoms. The second-order valence-corrected chi connectivity index (χ2v) is 5.24. The molecule has 0 unspecified atom stereocenters. The fraction of sp³-hybridized carbons (Fsp3) is 0.500. The number of halogens is 2. The molecule has 23 heavy (non-hydrogen) atoms. The Balaban J connectivity index is 0.00000484. The second kappa shape index (κ2) is 12.1. The number of guanidine groups is 1. The maximum absolute atomic E-state index is 13.5. The second-order valence-electron chi connectivity index (χ2n) is 5.24. The highest BCUT2D eigenvalue weighted by Gasteiger charge is 2.04. The third kappa shape index (κ3) is 9.37. The predicted molar refractivity (Wildman–Crippen MR) is 103 cm³/mol. The van der Waals surface area contributed by atoms with Crippen LogP contribution in [-0.2, 0) is 11.2 Å². The highest BCUT2D eigenvalue weighted by molar-refractivity contribution is 14.0. The number of amides is 1. The van der Waals surface area contributed by atoms with Crippen LogP contribution in [0.25, 0.3) is 0 Å². The lowest BCUT2D eigenvalue weighted by Gasteiger charge is -2.13. The first kappa shape index (κ1) is 21.6. The van der Waals surface area contributed by atoms with Crippen molar-refractivity contribution in [2.24, 2.45) is 4.99 Å². The van der Waals surface area contributed by atoms with Crippen LogP contribution in [0.1, 0.15) is 25.8 Å². The topological polar surface area (TPSA) is 65.5 Å². The fourth-order valence-corrected chi connectivity index (χ4v) is 1.93. The van der Waals surface area contributed by atoms with Crippen LogP contribution in [0.2, 0.25) is 0 Å². The molecule has 0 fully saturated rings. The van der Waals surface area contributed by atoms with Gasteiger partial charge in [0.15, 0.2) is 5.96 Å². The van der Waals surface area contributed by atoms with Crippen LogP contribution in [0.5, 0.6) is 0 Å². The molecule has 0 radical (unpaired) electrons. The zero-order valence-corrected chi connectivity index (χ0v) is 16.2. The van der Waals surface area contributed by atoms with E-state index in [1.165, 1.54) is 6.07 Å². The summed E-state index contributed by atoms with van der Waals surface area (Å²) in [5.74, 6) is 0.413. The summed E-state index contributed by atoms with van der Waals surface area (Å²) in [7, 11) is 1.66. The lowest BCUT2D eigenvalue weighted by Crippen LogP contribution is -2.40. The number of benzene rings is 1. The summed E-state index contributed by atoms with van der Waals surface area (Å²) in [6, 6.07) is 6.86. The van der Waals surface area contributed by atoms with E-state index in [0.29, 0.717) is 37.5 Å². The van der Waals surface area contributed by atoms with E-state index in [0.717, 1.165) is 0 Å². The maximum atomic E-state index is 13.5. The lowest BCUT2D eigenvalue weighted by atomic mass is 10.1. The minimum atomic E-state index is -0.197. The van der Waals surface area contributed by atoms with Gasteiger partial charge in [0.1, 0.15) is 5.82 Å². The Bertz CT molecular complexity index is 509. The van der Waals surface area contributed by atoms with Gasteiger partial charge >= 0.3 is 0 Å². The average molecular weight is 436 g/mol. The first-order chi connectivity index (χ1) is 10.5. The summed E-state index contributed by atoms with van der Waals surface area (Å²) in [5.41, 5.74) is 0.668. The molecule has 1 aromatic carbocycles. The first-order valence-corrected chi connectivity index (χ1v) is 7.50. The van der Waals surface area contributed by atoms with Gasteiger partial charge in [-0.3, -0.25) is 9.79 Å². The van der Waals surface area contributed by atoms with Crippen molar-refractivity contribution in [1.82, 2.24) is 16.0 Å². The molecule has 0 aliphatic carbocycles. The molecule has 1 rings (SSSR count). The van der Waals surface area contributed by atoms with Crippen molar-refractivity contribution in [3.05, 3.63) is 35.6 Å². The van der Waals surface area contributed by atoms with Crippen LogP contribution in [0, 0.1) is 5.82 Å². The van der Waals surface area contributed by atoms with E-state index in [2.05, 4.69) is 20.9 Å². The third-order valence-electron chi connectivity index (χ3n) is 2.96. The van der Waals surface area contributed by atoms with Crippen LogP contribution >= 0.6 is 24.0 Å². The van der Waals surface area contributed by atoms with E-state index < -0.39 is 0 Å². The lowest BCUT2D eigenvalue weighted by molar-refractivity contribution is -0.121. The standard InChI is InChI=1S/C16H25FN4O.HI/c1-12(2)21-15(22)9-11-20-16(18-3)19-10-8-13-6-4-5-7-14(13)17;/h4-7,12H,8-11H2,1-3H3,(H,21,22)(H2,18,19,20);1H. The van der Waals surface area contributed by atoms with Gasteiger partial charge in [0.2, 0.25) is 5.91 Å². The van der Waals surface area contributed by atoms with Gasteiger partial charge in [0.05, 0.1) is 0 Å². The van der Waals surface area contributed by atoms with Crippen molar-refractivity contribution in [3.8, 4) is 0 Å². The van der Waals surface area contributed by atoms with E-state index in [-0.39, 0.29) is 41.7 Å². The van der Waals surface area contributed by atoms with Gasteiger partial charge in [-0.25, -0.2) is 4.39 Å². The van der Waals surface area contributed by atoms with Gasteiger partial charge in [-0.2, -0.15) is 0 Å². The molecule has 0 saturated carbocycles. The van der Waals surface area contributed by atoms with Crippen LogP contribution in [0.4, 0.5) is 4.39 Å². The summed E-state index contributed by atoms with van der Waals surface area (Å²) in [6.45, 7) is 4.92. The number of carbonyl (C=O) groups is 1. The number of hydrogen-bond donors (Lipinski definition) is 3. The van der Waals surface area contributed by atoms with E-state index in [1.807, 2.05) is 19.9 Å². The Morgan fingerprint density at radius 2 is 1.87 bits per heavy atom. The summed E-state index contributed by atoms with van der Waals surface area (Å²) in [4.78, 5) is 15.6. The van der Waals surface area contributed by atoms with E-state index in [9.17, 15) is 9.18 Å². The molecular weight excluding hydrogens is 410 g/mol. The van der Waals surface area contributed by atoms with E-state index >= 15 is 0 Å². The SMILES string of the molecule is CN=C(NCCC(=O)NC(C)C)NCCc1ccccc1F.I. The molecule has 0 aromatic heterocycles. The molecular formula is C16H26FIN4O.